The van der Waals surface area contributed by atoms with E-state index in [1.54, 1.807) is 33.5 Å². The van der Waals surface area contributed by atoms with Gasteiger partial charge in [0.15, 0.2) is 11.5 Å². The van der Waals surface area contributed by atoms with Crippen LogP contribution in [0.15, 0.2) is 32.1 Å². The Labute approximate surface area is 132 Å². The van der Waals surface area contributed by atoms with Crippen LogP contribution in [0.5, 0.6) is 0 Å². The summed E-state index contributed by atoms with van der Waals surface area (Å²) in [5.41, 5.74) is 0.849. The van der Waals surface area contributed by atoms with Gasteiger partial charge in [0.2, 0.25) is 0 Å². The molecule has 4 aromatic heterocycles. The van der Waals surface area contributed by atoms with E-state index in [0.29, 0.717) is 0 Å². The van der Waals surface area contributed by atoms with E-state index in [0.717, 1.165) is 34.8 Å². The maximum atomic E-state index is 4.63. The van der Waals surface area contributed by atoms with E-state index in [9.17, 15) is 0 Å². The third-order valence-electron chi connectivity index (χ3n) is 2.67. The number of halogens is 2. The molecule has 0 saturated heterocycles. The first-order valence-electron chi connectivity index (χ1n) is 5.26. The summed E-state index contributed by atoms with van der Waals surface area (Å²) < 4.78 is 3.79. The Hall–Kier alpha value is -0.830. The van der Waals surface area contributed by atoms with E-state index < -0.39 is 0 Å². The van der Waals surface area contributed by atoms with Gasteiger partial charge in [-0.1, -0.05) is 0 Å². The first-order chi connectivity index (χ1) is 9.22. The van der Waals surface area contributed by atoms with E-state index in [1.165, 1.54) is 0 Å². The Morgan fingerprint density at radius 1 is 1.26 bits per heavy atom. The molecule has 0 aliphatic rings. The number of rotatable bonds is 1. The second kappa shape index (κ2) is 4.34. The molecule has 94 valence electrons. The lowest BCUT2D eigenvalue weighted by Gasteiger charge is -1.90. The average Bonchev–Trinajstić information content (AvgIpc) is 3.07. The van der Waals surface area contributed by atoms with Gasteiger partial charge in [-0.05, 0) is 49.4 Å². The molecular formula is C11H4Br2N4S2. The van der Waals surface area contributed by atoms with Crippen LogP contribution in [-0.2, 0) is 0 Å². The van der Waals surface area contributed by atoms with Gasteiger partial charge in [0.05, 0.1) is 14.0 Å². The molecular weight excluding hydrogens is 412 g/mol. The predicted molar refractivity (Wildman–Crippen MR) is 84.9 cm³/mol. The Bertz CT molecular complexity index is 888. The van der Waals surface area contributed by atoms with Crippen LogP contribution in [0, 0.1) is 0 Å². The minimum absolute atomic E-state index is 0.719. The molecule has 0 aliphatic carbocycles. The fourth-order valence-electron chi connectivity index (χ4n) is 1.83. The topological polar surface area (TPSA) is 43.1 Å². The summed E-state index contributed by atoms with van der Waals surface area (Å²) in [6.45, 7) is 0. The number of hydrogen-bond acceptors (Lipinski definition) is 5. The third-order valence-corrected chi connectivity index (χ3v) is 6.74. The molecule has 0 aromatic carbocycles. The summed E-state index contributed by atoms with van der Waals surface area (Å²) >= 11 is 10.2. The highest BCUT2D eigenvalue weighted by Crippen LogP contribution is 2.37. The van der Waals surface area contributed by atoms with Crippen LogP contribution in [0.4, 0.5) is 0 Å². The highest BCUT2D eigenvalue weighted by molar-refractivity contribution is 9.13. The molecule has 4 aromatic rings. The smallest absolute Gasteiger partial charge is 0.192 e. The first kappa shape index (κ1) is 12.0. The van der Waals surface area contributed by atoms with Gasteiger partial charge in [-0.15, -0.1) is 27.8 Å². The standard InChI is InChI=1S/C11H4Br2N4S2/c12-6-3-7(19-8(6)13)9-15-10-5-1-2-18-11(5)14-4-17(10)16-9/h1-4H. The van der Waals surface area contributed by atoms with Crippen molar-refractivity contribution in [2.45, 2.75) is 0 Å². The molecule has 0 radical (unpaired) electrons. The van der Waals surface area contributed by atoms with Gasteiger partial charge in [-0.25, -0.2) is 14.5 Å². The van der Waals surface area contributed by atoms with Gasteiger partial charge in [0.25, 0.3) is 0 Å². The van der Waals surface area contributed by atoms with Gasteiger partial charge in [0.1, 0.15) is 11.2 Å². The lowest BCUT2D eigenvalue weighted by atomic mass is 10.4. The molecule has 0 saturated carbocycles. The Balaban J connectivity index is 2.00. The molecule has 8 heteroatoms. The number of nitrogens with zero attached hydrogens (tertiary/aromatic N) is 4. The zero-order valence-electron chi connectivity index (χ0n) is 9.17. The molecule has 0 unspecified atom stereocenters. The van der Waals surface area contributed by atoms with E-state index in [2.05, 4.69) is 46.9 Å². The minimum Gasteiger partial charge on any atom is -0.225 e. The fraction of sp³-hybridized carbons (Fsp3) is 0. The number of hydrogen-bond donors (Lipinski definition) is 0. The van der Waals surface area contributed by atoms with Gasteiger partial charge in [-0.2, -0.15) is 0 Å². The van der Waals surface area contributed by atoms with Crippen molar-refractivity contribution in [3.8, 4) is 10.7 Å². The summed E-state index contributed by atoms with van der Waals surface area (Å²) in [4.78, 5) is 11.0. The summed E-state index contributed by atoms with van der Waals surface area (Å²) in [7, 11) is 0. The Morgan fingerprint density at radius 3 is 2.95 bits per heavy atom. The zero-order chi connectivity index (χ0) is 13.0. The molecule has 0 amide bonds. The lowest BCUT2D eigenvalue weighted by Crippen LogP contribution is -1.88. The highest BCUT2D eigenvalue weighted by Gasteiger charge is 2.13. The largest absolute Gasteiger partial charge is 0.225 e. The lowest BCUT2D eigenvalue weighted by molar-refractivity contribution is 0.941. The van der Waals surface area contributed by atoms with Crippen molar-refractivity contribution < 1.29 is 0 Å². The average molecular weight is 416 g/mol. The van der Waals surface area contributed by atoms with Crippen LogP contribution in [0.3, 0.4) is 0 Å². The van der Waals surface area contributed by atoms with Crippen molar-refractivity contribution in [3.05, 3.63) is 32.1 Å². The van der Waals surface area contributed by atoms with Gasteiger partial charge >= 0.3 is 0 Å². The van der Waals surface area contributed by atoms with E-state index in [1.807, 2.05) is 17.5 Å². The summed E-state index contributed by atoms with van der Waals surface area (Å²) in [5.74, 6) is 0.719. The molecule has 4 nitrogen and oxygen atoms in total. The second-order valence-corrected chi connectivity index (χ2v) is 7.94. The molecule has 0 aliphatic heterocycles. The van der Waals surface area contributed by atoms with E-state index in [4.69, 9.17) is 0 Å². The van der Waals surface area contributed by atoms with Gasteiger partial charge < -0.3 is 0 Å². The first-order valence-corrected chi connectivity index (χ1v) is 8.54. The van der Waals surface area contributed by atoms with Crippen molar-refractivity contribution in [1.82, 2.24) is 19.6 Å². The molecule has 0 fully saturated rings. The molecule has 4 heterocycles. The molecule has 0 spiro atoms. The number of thiophene rings is 2. The van der Waals surface area contributed by atoms with Gasteiger partial charge in [0, 0.05) is 4.47 Å². The molecule has 0 bridgehead atoms. The zero-order valence-corrected chi connectivity index (χ0v) is 14.0. The van der Waals surface area contributed by atoms with Crippen molar-refractivity contribution in [2.24, 2.45) is 0 Å². The van der Waals surface area contributed by atoms with Crippen LogP contribution in [-0.4, -0.2) is 19.6 Å². The van der Waals surface area contributed by atoms with E-state index >= 15 is 0 Å². The molecule has 19 heavy (non-hydrogen) atoms. The number of fused-ring (bicyclic) bond motifs is 3. The van der Waals surface area contributed by atoms with Crippen LogP contribution < -0.4 is 0 Å². The van der Waals surface area contributed by atoms with Crippen molar-refractivity contribution in [2.75, 3.05) is 0 Å². The molecule has 4 rings (SSSR count). The molecule has 0 N–H and O–H groups in total. The maximum Gasteiger partial charge on any atom is 0.192 e. The number of aromatic nitrogens is 4. The van der Waals surface area contributed by atoms with Crippen LogP contribution in [0.25, 0.3) is 26.6 Å². The Kier molecular flexibility index (Phi) is 2.73. The van der Waals surface area contributed by atoms with Crippen molar-refractivity contribution in [3.63, 3.8) is 0 Å². The summed E-state index contributed by atoms with van der Waals surface area (Å²) in [6.07, 6.45) is 1.71. The fourth-order valence-corrected chi connectivity index (χ4v) is 4.52. The van der Waals surface area contributed by atoms with Crippen molar-refractivity contribution >= 4 is 70.4 Å². The third kappa shape index (κ3) is 1.85. The quantitative estimate of drug-likeness (QED) is 0.456. The van der Waals surface area contributed by atoms with Crippen molar-refractivity contribution in [1.29, 1.82) is 0 Å². The van der Waals surface area contributed by atoms with Crippen LogP contribution in [0.2, 0.25) is 0 Å². The SMILES string of the molecule is Brc1cc(-c2nc3c4ccsc4ncn3n2)sc1Br. The monoisotopic (exact) mass is 414 g/mol. The van der Waals surface area contributed by atoms with Crippen LogP contribution >= 0.6 is 54.5 Å². The highest BCUT2D eigenvalue weighted by atomic mass is 79.9. The Morgan fingerprint density at radius 2 is 2.16 bits per heavy atom. The summed E-state index contributed by atoms with van der Waals surface area (Å²) in [5, 5.41) is 7.54. The van der Waals surface area contributed by atoms with Crippen LogP contribution in [0.1, 0.15) is 0 Å². The van der Waals surface area contributed by atoms with E-state index in [-0.39, 0.29) is 0 Å². The minimum atomic E-state index is 0.719. The molecule has 0 atom stereocenters. The maximum absolute atomic E-state index is 4.63. The summed E-state index contributed by atoms with van der Waals surface area (Å²) in [6, 6.07) is 4.04. The normalized spacial score (nSPS) is 11.7. The second-order valence-electron chi connectivity index (χ2n) is 3.82. The predicted octanol–water partition coefficient (Wildman–Crippen LogP) is 4.59. The van der Waals surface area contributed by atoms with Gasteiger partial charge in [-0.3, -0.25) is 0 Å².